The van der Waals surface area contributed by atoms with Crippen molar-refractivity contribution in [2.45, 2.75) is 32.2 Å². The van der Waals surface area contributed by atoms with E-state index in [0.717, 1.165) is 12.8 Å². The summed E-state index contributed by atoms with van der Waals surface area (Å²) in [6.45, 7) is 2.52. The second-order valence-electron chi connectivity index (χ2n) is 5.28. The molecule has 0 saturated carbocycles. The van der Waals surface area contributed by atoms with Gasteiger partial charge in [0.05, 0.1) is 5.56 Å². The van der Waals surface area contributed by atoms with Crippen LogP contribution in [-0.4, -0.2) is 34.5 Å². The van der Waals surface area contributed by atoms with Gasteiger partial charge in [-0.3, -0.25) is 4.79 Å². The van der Waals surface area contributed by atoms with Gasteiger partial charge in [-0.1, -0.05) is 24.9 Å². The van der Waals surface area contributed by atoms with Crippen molar-refractivity contribution >= 4 is 39.4 Å². The molecule has 2 unspecified atom stereocenters. The van der Waals surface area contributed by atoms with Crippen LogP contribution in [-0.2, 0) is 4.79 Å². The van der Waals surface area contributed by atoms with Crippen LogP contribution < -0.4 is 0 Å². The van der Waals surface area contributed by atoms with E-state index in [9.17, 15) is 14.7 Å². The predicted octanol–water partition coefficient (Wildman–Crippen LogP) is 3.82. The first kappa shape index (κ1) is 16.3. The number of likely N-dealkylation sites (tertiary alicyclic amines) is 1. The number of amides is 1. The number of hydrogen-bond donors (Lipinski definition) is 1. The Morgan fingerprint density at radius 1 is 1.48 bits per heavy atom. The maximum atomic E-state index is 12.7. The lowest BCUT2D eigenvalue weighted by Crippen LogP contribution is -2.50. The van der Waals surface area contributed by atoms with Crippen LogP contribution in [0.25, 0.3) is 0 Å². The molecule has 6 heteroatoms. The Kier molecular flexibility index (Phi) is 5.27. The zero-order chi connectivity index (χ0) is 15.6. The Morgan fingerprint density at radius 3 is 2.81 bits per heavy atom. The molecular weight excluding hydrogens is 358 g/mol. The van der Waals surface area contributed by atoms with Crippen molar-refractivity contribution < 1.29 is 14.7 Å². The molecule has 1 heterocycles. The number of carboxylic acids is 1. The normalized spacial score (nSPS) is 22.1. The van der Waals surface area contributed by atoms with Crippen LogP contribution in [0.2, 0.25) is 5.02 Å². The summed E-state index contributed by atoms with van der Waals surface area (Å²) in [7, 11) is 0. The summed E-state index contributed by atoms with van der Waals surface area (Å²) in [5.41, 5.74) is 0.406. The molecule has 1 N–H and O–H groups in total. The minimum absolute atomic E-state index is 0.286. The molecule has 2 atom stereocenters. The summed E-state index contributed by atoms with van der Waals surface area (Å²) < 4.78 is 0.624. The Labute approximate surface area is 137 Å². The number of benzene rings is 1. The maximum absolute atomic E-state index is 12.7. The molecule has 1 aliphatic heterocycles. The zero-order valence-electron chi connectivity index (χ0n) is 11.7. The fraction of sp³-hybridized carbons (Fsp3) is 0.467. The van der Waals surface area contributed by atoms with Crippen molar-refractivity contribution in [3.05, 3.63) is 33.3 Å². The van der Waals surface area contributed by atoms with Gasteiger partial charge in [0, 0.05) is 16.0 Å². The fourth-order valence-electron chi connectivity index (χ4n) is 2.70. The molecule has 1 amide bonds. The Bertz CT molecular complexity index is 564. The zero-order valence-corrected chi connectivity index (χ0v) is 14.0. The number of aliphatic carboxylic acids is 1. The topological polar surface area (TPSA) is 57.6 Å². The molecule has 0 radical (unpaired) electrons. The highest BCUT2D eigenvalue weighted by Crippen LogP contribution is 2.29. The number of carbonyl (C=O) groups is 2. The quantitative estimate of drug-likeness (QED) is 0.875. The molecule has 21 heavy (non-hydrogen) atoms. The largest absolute Gasteiger partial charge is 0.480 e. The number of piperidine rings is 1. The Hall–Kier alpha value is -1.07. The number of hydrogen-bond acceptors (Lipinski definition) is 2. The maximum Gasteiger partial charge on any atom is 0.326 e. The Morgan fingerprint density at radius 2 is 2.19 bits per heavy atom. The van der Waals surface area contributed by atoms with E-state index in [-0.39, 0.29) is 5.91 Å². The SMILES string of the molecule is CCC1CCN(C(=O)c2cc(Cl)ccc2Br)C(C(=O)O)C1. The van der Waals surface area contributed by atoms with Gasteiger partial charge >= 0.3 is 5.97 Å². The molecule has 1 saturated heterocycles. The molecule has 1 fully saturated rings. The summed E-state index contributed by atoms with van der Waals surface area (Å²) in [5, 5.41) is 9.87. The summed E-state index contributed by atoms with van der Waals surface area (Å²) >= 11 is 9.26. The number of nitrogens with zero attached hydrogens (tertiary/aromatic N) is 1. The first-order valence-corrected chi connectivity index (χ1v) is 8.10. The summed E-state index contributed by atoms with van der Waals surface area (Å²) in [6, 6.07) is 4.19. The van der Waals surface area contributed by atoms with Crippen molar-refractivity contribution in [3.63, 3.8) is 0 Å². The minimum atomic E-state index is -0.945. The summed E-state index contributed by atoms with van der Waals surface area (Å²) in [5.74, 6) is -0.871. The van der Waals surface area contributed by atoms with Crippen LogP contribution in [0.4, 0.5) is 0 Å². The second kappa shape index (κ2) is 6.79. The van der Waals surface area contributed by atoms with Gasteiger partial charge < -0.3 is 10.0 Å². The Balaban J connectivity index is 2.28. The van der Waals surface area contributed by atoms with Gasteiger partial charge in [-0.15, -0.1) is 0 Å². The van der Waals surface area contributed by atoms with E-state index in [2.05, 4.69) is 22.9 Å². The van der Waals surface area contributed by atoms with Crippen molar-refractivity contribution in [2.75, 3.05) is 6.54 Å². The van der Waals surface area contributed by atoms with Crippen molar-refractivity contribution in [1.82, 2.24) is 4.90 Å². The molecule has 1 aromatic carbocycles. The third kappa shape index (κ3) is 3.58. The molecule has 2 rings (SSSR count). The summed E-state index contributed by atoms with van der Waals surface area (Å²) in [4.78, 5) is 25.6. The van der Waals surface area contributed by atoms with Gasteiger partial charge in [0.2, 0.25) is 0 Å². The van der Waals surface area contributed by atoms with Crippen molar-refractivity contribution in [3.8, 4) is 0 Å². The van der Waals surface area contributed by atoms with Gasteiger partial charge in [-0.2, -0.15) is 0 Å². The first-order valence-electron chi connectivity index (χ1n) is 6.92. The highest BCUT2D eigenvalue weighted by molar-refractivity contribution is 9.10. The van der Waals surface area contributed by atoms with Crippen LogP contribution in [0.3, 0.4) is 0 Å². The highest BCUT2D eigenvalue weighted by atomic mass is 79.9. The standard InChI is InChI=1S/C15H17BrClNO3/c1-2-9-5-6-18(13(7-9)15(20)21)14(19)11-8-10(17)3-4-12(11)16/h3-4,8-9,13H,2,5-7H2,1H3,(H,20,21). The average molecular weight is 375 g/mol. The highest BCUT2D eigenvalue weighted by Gasteiger charge is 2.36. The first-order chi connectivity index (χ1) is 9.93. The van der Waals surface area contributed by atoms with Crippen LogP contribution in [0, 0.1) is 5.92 Å². The van der Waals surface area contributed by atoms with Gasteiger partial charge in [-0.25, -0.2) is 4.79 Å². The van der Waals surface area contributed by atoms with Crippen LogP contribution in [0.1, 0.15) is 36.5 Å². The predicted molar refractivity (Wildman–Crippen MR) is 84.6 cm³/mol. The number of halogens is 2. The van der Waals surface area contributed by atoms with E-state index < -0.39 is 12.0 Å². The van der Waals surface area contributed by atoms with E-state index >= 15 is 0 Å². The average Bonchev–Trinajstić information content (AvgIpc) is 2.48. The second-order valence-corrected chi connectivity index (χ2v) is 6.57. The van der Waals surface area contributed by atoms with Crippen LogP contribution >= 0.6 is 27.5 Å². The minimum Gasteiger partial charge on any atom is -0.480 e. The molecule has 0 bridgehead atoms. The molecule has 1 aromatic rings. The van der Waals surface area contributed by atoms with E-state index in [4.69, 9.17) is 11.6 Å². The van der Waals surface area contributed by atoms with E-state index in [1.807, 2.05) is 0 Å². The fourth-order valence-corrected chi connectivity index (χ4v) is 3.29. The summed E-state index contributed by atoms with van der Waals surface area (Å²) in [6.07, 6.45) is 2.28. The van der Waals surface area contributed by atoms with E-state index in [0.29, 0.717) is 33.9 Å². The van der Waals surface area contributed by atoms with Gasteiger partial charge in [0.25, 0.3) is 5.91 Å². The van der Waals surface area contributed by atoms with E-state index in [1.54, 1.807) is 18.2 Å². The lowest BCUT2D eigenvalue weighted by Gasteiger charge is -2.37. The van der Waals surface area contributed by atoms with E-state index in [1.165, 1.54) is 4.90 Å². The number of carbonyl (C=O) groups excluding carboxylic acids is 1. The molecule has 0 aliphatic carbocycles. The van der Waals surface area contributed by atoms with Crippen LogP contribution in [0.15, 0.2) is 22.7 Å². The number of rotatable bonds is 3. The molecule has 4 nitrogen and oxygen atoms in total. The third-order valence-electron chi connectivity index (χ3n) is 3.99. The van der Waals surface area contributed by atoms with Gasteiger partial charge in [0.1, 0.15) is 6.04 Å². The molecule has 0 aromatic heterocycles. The smallest absolute Gasteiger partial charge is 0.326 e. The monoisotopic (exact) mass is 373 g/mol. The molecular formula is C15H17BrClNO3. The van der Waals surface area contributed by atoms with Crippen LogP contribution in [0.5, 0.6) is 0 Å². The van der Waals surface area contributed by atoms with Gasteiger partial charge in [0.15, 0.2) is 0 Å². The molecule has 0 spiro atoms. The number of carboxylic acid groups (broad SMARTS) is 1. The molecule has 1 aliphatic rings. The van der Waals surface area contributed by atoms with Gasteiger partial charge in [-0.05, 0) is 52.9 Å². The third-order valence-corrected chi connectivity index (χ3v) is 4.92. The van der Waals surface area contributed by atoms with Crippen molar-refractivity contribution in [1.29, 1.82) is 0 Å². The lowest BCUT2D eigenvalue weighted by molar-refractivity contribution is -0.144. The van der Waals surface area contributed by atoms with Crippen molar-refractivity contribution in [2.24, 2.45) is 5.92 Å². The molecule has 114 valence electrons. The lowest BCUT2D eigenvalue weighted by atomic mass is 9.88.